The molecule has 3 nitrogen and oxygen atoms in total. The quantitative estimate of drug-likeness (QED) is 0.843. The fraction of sp³-hybridized carbons (Fsp3) is 0.100. The number of rotatable bonds is 3. The lowest BCUT2D eigenvalue weighted by Crippen LogP contribution is -1.96. The first-order chi connectivity index (χ1) is 7.25. The van der Waals surface area contributed by atoms with Gasteiger partial charge in [-0.1, -0.05) is 0 Å². The van der Waals surface area contributed by atoms with Gasteiger partial charge >= 0.3 is 0 Å². The lowest BCUT2D eigenvalue weighted by atomic mass is 10.3. The zero-order valence-corrected chi connectivity index (χ0v) is 7.71. The predicted molar refractivity (Wildman–Crippen MR) is 49.3 cm³/mol. The van der Waals surface area contributed by atoms with E-state index in [0.29, 0.717) is 0 Å². The van der Waals surface area contributed by atoms with E-state index >= 15 is 0 Å². The number of H-pyrrole nitrogens is 1. The van der Waals surface area contributed by atoms with Crippen LogP contribution in [0.25, 0.3) is 0 Å². The molecule has 5 heteroatoms. The molecule has 15 heavy (non-hydrogen) atoms. The average Bonchev–Trinajstić information content (AvgIpc) is 2.73. The summed E-state index contributed by atoms with van der Waals surface area (Å²) in [5.74, 6) is -1.52. The summed E-state index contributed by atoms with van der Waals surface area (Å²) in [6, 6.07) is 3.40. The molecule has 0 radical (unpaired) electrons. The maximum Gasteiger partial charge on any atom is 0.162 e. The third kappa shape index (κ3) is 2.31. The molecule has 0 amide bonds. The minimum Gasteiger partial charge on any atom is -0.487 e. The van der Waals surface area contributed by atoms with Crippen molar-refractivity contribution in [2.24, 2.45) is 0 Å². The molecule has 0 saturated carbocycles. The maximum absolute atomic E-state index is 12.8. The van der Waals surface area contributed by atoms with Gasteiger partial charge in [0, 0.05) is 6.07 Å². The Balaban J connectivity index is 2.02. The van der Waals surface area contributed by atoms with E-state index in [1.165, 1.54) is 12.4 Å². The normalized spacial score (nSPS) is 10.3. The molecule has 0 aliphatic heterocycles. The molecule has 0 unspecified atom stereocenters. The molecule has 78 valence electrons. The van der Waals surface area contributed by atoms with Crippen LogP contribution in [-0.4, -0.2) is 9.97 Å². The van der Waals surface area contributed by atoms with Gasteiger partial charge in [-0.3, -0.25) is 0 Å². The van der Waals surface area contributed by atoms with Crippen molar-refractivity contribution in [3.05, 3.63) is 48.1 Å². The third-order valence-corrected chi connectivity index (χ3v) is 1.84. The maximum atomic E-state index is 12.8. The second-order valence-electron chi connectivity index (χ2n) is 2.94. The summed E-state index contributed by atoms with van der Waals surface area (Å²) in [6.45, 7) is 0.241. The number of hydrogen-bond acceptors (Lipinski definition) is 2. The Labute approximate surface area is 84.7 Å². The minimum atomic E-state index is -0.919. The zero-order valence-electron chi connectivity index (χ0n) is 7.71. The summed E-state index contributed by atoms with van der Waals surface area (Å²) in [5.41, 5.74) is 0.764. The van der Waals surface area contributed by atoms with Crippen molar-refractivity contribution in [1.82, 2.24) is 9.97 Å². The van der Waals surface area contributed by atoms with Crippen LogP contribution in [0, 0.1) is 11.6 Å². The van der Waals surface area contributed by atoms with Gasteiger partial charge in [0.2, 0.25) is 0 Å². The second-order valence-corrected chi connectivity index (χ2v) is 2.94. The SMILES string of the molecule is Fc1ccc(OCc2cnc[nH]2)cc1F. The number of aromatic amines is 1. The molecular formula is C10H8F2N2O. The van der Waals surface area contributed by atoms with Gasteiger partial charge in [0.05, 0.1) is 18.2 Å². The van der Waals surface area contributed by atoms with Gasteiger partial charge in [-0.2, -0.15) is 0 Å². The Bertz CT molecular complexity index is 443. The molecule has 0 bridgehead atoms. The van der Waals surface area contributed by atoms with Crippen LogP contribution in [0.1, 0.15) is 5.69 Å². The van der Waals surface area contributed by atoms with Crippen molar-refractivity contribution in [3.8, 4) is 5.75 Å². The van der Waals surface area contributed by atoms with Crippen molar-refractivity contribution >= 4 is 0 Å². The first-order valence-electron chi connectivity index (χ1n) is 4.31. The van der Waals surface area contributed by atoms with Crippen molar-refractivity contribution < 1.29 is 13.5 Å². The van der Waals surface area contributed by atoms with Crippen LogP contribution in [0.3, 0.4) is 0 Å². The minimum absolute atomic E-state index is 0.241. The lowest BCUT2D eigenvalue weighted by molar-refractivity contribution is 0.299. The molecule has 1 aromatic heterocycles. The lowest BCUT2D eigenvalue weighted by Gasteiger charge is -2.04. The smallest absolute Gasteiger partial charge is 0.162 e. The number of halogens is 2. The van der Waals surface area contributed by atoms with E-state index in [4.69, 9.17) is 4.74 Å². The Morgan fingerprint density at radius 3 is 2.80 bits per heavy atom. The largest absolute Gasteiger partial charge is 0.487 e. The first kappa shape index (κ1) is 9.64. The summed E-state index contributed by atoms with van der Waals surface area (Å²) in [6.07, 6.45) is 3.11. The van der Waals surface area contributed by atoms with Gasteiger partial charge in [0.1, 0.15) is 12.4 Å². The molecule has 2 aromatic rings. The number of benzene rings is 1. The van der Waals surface area contributed by atoms with Crippen molar-refractivity contribution in [3.63, 3.8) is 0 Å². The molecule has 0 atom stereocenters. The monoisotopic (exact) mass is 210 g/mol. The molecule has 0 saturated heterocycles. The van der Waals surface area contributed by atoms with E-state index < -0.39 is 11.6 Å². The molecule has 0 aliphatic rings. The van der Waals surface area contributed by atoms with Crippen molar-refractivity contribution in [2.75, 3.05) is 0 Å². The Kier molecular flexibility index (Phi) is 2.62. The first-order valence-corrected chi connectivity index (χ1v) is 4.31. The van der Waals surface area contributed by atoms with E-state index in [2.05, 4.69) is 9.97 Å². The van der Waals surface area contributed by atoms with Crippen LogP contribution >= 0.6 is 0 Å². The fourth-order valence-electron chi connectivity index (χ4n) is 1.09. The molecule has 2 rings (SSSR count). The summed E-state index contributed by atoms with van der Waals surface area (Å²) >= 11 is 0. The van der Waals surface area contributed by atoms with Gasteiger partial charge in [-0.15, -0.1) is 0 Å². The van der Waals surface area contributed by atoms with Crippen LogP contribution in [0.15, 0.2) is 30.7 Å². The van der Waals surface area contributed by atoms with Gasteiger partial charge < -0.3 is 9.72 Å². The molecule has 0 fully saturated rings. The van der Waals surface area contributed by atoms with Gasteiger partial charge in [-0.05, 0) is 12.1 Å². The molecule has 0 aliphatic carbocycles. The van der Waals surface area contributed by atoms with E-state index in [9.17, 15) is 8.78 Å². The predicted octanol–water partition coefficient (Wildman–Crippen LogP) is 2.27. The highest BCUT2D eigenvalue weighted by molar-refractivity contribution is 5.23. The zero-order chi connectivity index (χ0) is 10.7. The van der Waals surface area contributed by atoms with E-state index in [-0.39, 0.29) is 12.4 Å². The number of ether oxygens (including phenoxy) is 1. The molecule has 1 aromatic carbocycles. The van der Waals surface area contributed by atoms with Crippen LogP contribution in [0.2, 0.25) is 0 Å². The second kappa shape index (κ2) is 4.08. The van der Waals surface area contributed by atoms with Gasteiger partial charge in [0.25, 0.3) is 0 Å². The molecule has 1 heterocycles. The highest BCUT2D eigenvalue weighted by Crippen LogP contribution is 2.16. The molecular weight excluding hydrogens is 202 g/mol. The van der Waals surface area contributed by atoms with Crippen molar-refractivity contribution in [2.45, 2.75) is 6.61 Å². The van der Waals surface area contributed by atoms with Crippen molar-refractivity contribution in [1.29, 1.82) is 0 Å². The standard InChI is InChI=1S/C10H8F2N2O/c11-9-2-1-8(3-10(9)12)15-5-7-4-13-6-14-7/h1-4,6H,5H2,(H,13,14). The molecule has 1 N–H and O–H groups in total. The van der Waals surface area contributed by atoms with E-state index in [1.807, 2.05) is 0 Å². The van der Waals surface area contributed by atoms with Gasteiger partial charge in [0.15, 0.2) is 11.6 Å². The average molecular weight is 210 g/mol. The Morgan fingerprint density at radius 1 is 1.27 bits per heavy atom. The van der Waals surface area contributed by atoms with Crippen LogP contribution < -0.4 is 4.74 Å². The number of hydrogen-bond donors (Lipinski definition) is 1. The van der Waals surface area contributed by atoms with Crippen LogP contribution in [-0.2, 0) is 6.61 Å². The Hall–Kier alpha value is -1.91. The summed E-state index contributed by atoms with van der Waals surface area (Å²) < 4.78 is 30.5. The van der Waals surface area contributed by atoms with Gasteiger partial charge in [-0.25, -0.2) is 13.8 Å². The molecule has 0 spiro atoms. The number of aromatic nitrogens is 2. The van der Waals surface area contributed by atoms with Crippen LogP contribution in [0.4, 0.5) is 8.78 Å². The third-order valence-electron chi connectivity index (χ3n) is 1.84. The summed E-state index contributed by atoms with van der Waals surface area (Å²) in [7, 11) is 0. The van der Waals surface area contributed by atoms with E-state index in [1.54, 1.807) is 6.20 Å². The van der Waals surface area contributed by atoms with Crippen LogP contribution in [0.5, 0.6) is 5.75 Å². The number of nitrogens with zero attached hydrogens (tertiary/aromatic N) is 1. The number of imidazole rings is 1. The fourth-order valence-corrected chi connectivity index (χ4v) is 1.09. The van der Waals surface area contributed by atoms with E-state index in [0.717, 1.165) is 17.8 Å². The highest BCUT2D eigenvalue weighted by Gasteiger charge is 2.03. The topological polar surface area (TPSA) is 37.9 Å². The number of nitrogens with one attached hydrogen (secondary N) is 1. The Morgan fingerprint density at radius 2 is 2.13 bits per heavy atom. The highest BCUT2D eigenvalue weighted by atomic mass is 19.2. The summed E-state index contributed by atoms with van der Waals surface area (Å²) in [4.78, 5) is 6.63. The summed E-state index contributed by atoms with van der Waals surface area (Å²) in [5, 5.41) is 0.